The maximum Gasteiger partial charge on any atom is 0.246 e. The molecule has 0 aromatic heterocycles. The molecule has 1 atom stereocenters. The Hall–Kier alpha value is -1.95. The van der Waals surface area contributed by atoms with Gasteiger partial charge in [-0.3, -0.25) is 9.59 Å². The van der Waals surface area contributed by atoms with Crippen molar-refractivity contribution in [3.63, 3.8) is 0 Å². The number of ether oxygens (including phenoxy) is 1. The Morgan fingerprint density at radius 1 is 1.50 bits per heavy atom. The highest BCUT2D eigenvalue weighted by Crippen LogP contribution is 2.20. The summed E-state index contributed by atoms with van der Waals surface area (Å²) in [6.07, 6.45) is 1.29. The molecule has 1 aliphatic rings. The average Bonchev–Trinajstić information content (AvgIpc) is 2.59. The molecule has 1 fully saturated rings. The van der Waals surface area contributed by atoms with E-state index in [0.717, 1.165) is 17.1 Å². The molecule has 2 amide bonds. The first-order valence-electron chi connectivity index (χ1n) is 7.08. The predicted molar refractivity (Wildman–Crippen MR) is 87.9 cm³/mol. The Labute approximate surface area is 134 Å². The van der Waals surface area contributed by atoms with Crippen LogP contribution in [0.3, 0.4) is 0 Å². The average molecular weight is 320 g/mol. The molecule has 0 saturated carbocycles. The summed E-state index contributed by atoms with van der Waals surface area (Å²) >= 11 is 1.58. The third-order valence-electron chi connectivity index (χ3n) is 3.49. The molecule has 0 aliphatic carbocycles. The number of benzene rings is 1. The van der Waals surface area contributed by atoms with Gasteiger partial charge >= 0.3 is 0 Å². The van der Waals surface area contributed by atoms with E-state index in [4.69, 9.17) is 4.74 Å². The van der Waals surface area contributed by atoms with Gasteiger partial charge < -0.3 is 15.0 Å². The van der Waals surface area contributed by atoms with E-state index < -0.39 is 0 Å². The van der Waals surface area contributed by atoms with Gasteiger partial charge in [0.25, 0.3) is 0 Å². The van der Waals surface area contributed by atoms with E-state index in [-0.39, 0.29) is 17.1 Å². The van der Waals surface area contributed by atoms with Crippen molar-refractivity contribution >= 4 is 23.6 Å². The maximum absolute atomic E-state index is 12.3. The molecule has 1 aromatic rings. The Morgan fingerprint density at radius 2 is 2.27 bits per heavy atom. The summed E-state index contributed by atoms with van der Waals surface area (Å²) in [5.41, 5.74) is 0.929. The topological polar surface area (TPSA) is 58.6 Å². The first kappa shape index (κ1) is 16.4. The van der Waals surface area contributed by atoms with Crippen LogP contribution >= 0.6 is 11.8 Å². The van der Waals surface area contributed by atoms with E-state index in [2.05, 4.69) is 11.9 Å². The minimum atomic E-state index is -0.243. The zero-order valence-corrected chi connectivity index (χ0v) is 13.4. The van der Waals surface area contributed by atoms with Gasteiger partial charge in [-0.2, -0.15) is 0 Å². The lowest BCUT2D eigenvalue weighted by molar-refractivity contribution is -0.127. The van der Waals surface area contributed by atoms with Crippen molar-refractivity contribution in [2.24, 2.45) is 0 Å². The van der Waals surface area contributed by atoms with Gasteiger partial charge in [-0.25, -0.2) is 0 Å². The summed E-state index contributed by atoms with van der Waals surface area (Å²) in [7, 11) is 1.61. The van der Waals surface area contributed by atoms with Crippen molar-refractivity contribution in [1.82, 2.24) is 10.2 Å². The lowest BCUT2D eigenvalue weighted by Gasteiger charge is -2.30. The molecule has 22 heavy (non-hydrogen) atoms. The van der Waals surface area contributed by atoms with Gasteiger partial charge in [-0.15, -0.1) is 11.8 Å². The number of methoxy groups -OCH3 is 1. The van der Waals surface area contributed by atoms with Crippen LogP contribution in [0.1, 0.15) is 5.56 Å². The SMILES string of the molecule is C=CC(=O)N1CCSC(C(=O)NCc2ccccc2OC)C1. The predicted octanol–water partition coefficient (Wildman–Crippen LogP) is 1.44. The summed E-state index contributed by atoms with van der Waals surface area (Å²) in [6.45, 7) is 4.98. The van der Waals surface area contributed by atoms with Crippen molar-refractivity contribution in [3.8, 4) is 5.75 Å². The summed E-state index contributed by atoms with van der Waals surface area (Å²) in [5.74, 6) is 1.33. The maximum atomic E-state index is 12.3. The van der Waals surface area contributed by atoms with Crippen molar-refractivity contribution < 1.29 is 14.3 Å². The van der Waals surface area contributed by atoms with Crippen LogP contribution in [0, 0.1) is 0 Å². The second-order valence-corrected chi connectivity index (χ2v) is 6.19. The van der Waals surface area contributed by atoms with Crippen LogP contribution in [-0.2, 0) is 16.1 Å². The second kappa shape index (κ2) is 7.89. The molecule has 2 rings (SSSR count). The number of carbonyl (C=O) groups is 2. The van der Waals surface area contributed by atoms with Crippen molar-refractivity contribution in [3.05, 3.63) is 42.5 Å². The van der Waals surface area contributed by atoms with E-state index in [1.54, 1.807) is 23.8 Å². The zero-order chi connectivity index (χ0) is 15.9. The van der Waals surface area contributed by atoms with Crippen molar-refractivity contribution in [2.45, 2.75) is 11.8 Å². The Balaban J connectivity index is 1.91. The number of nitrogens with one attached hydrogen (secondary N) is 1. The first-order chi connectivity index (χ1) is 10.7. The van der Waals surface area contributed by atoms with E-state index in [1.807, 2.05) is 24.3 Å². The third kappa shape index (κ3) is 4.04. The minimum absolute atomic E-state index is 0.0579. The van der Waals surface area contributed by atoms with Crippen LogP contribution in [0.5, 0.6) is 5.75 Å². The highest BCUT2D eigenvalue weighted by atomic mass is 32.2. The summed E-state index contributed by atoms with van der Waals surface area (Å²) < 4.78 is 5.27. The Kier molecular flexibility index (Phi) is 5.89. The molecule has 1 saturated heterocycles. The van der Waals surface area contributed by atoms with Gasteiger partial charge in [0.2, 0.25) is 11.8 Å². The number of carbonyl (C=O) groups excluding carboxylic acids is 2. The smallest absolute Gasteiger partial charge is 0.246 e. The van der Waals surface area contributed by atoms with Gasteiger partial charge in [-0.05, 0) is 12.1 Å². The molecule has 1 N–H and O–H groups in total. The fraction of sp³-hybridized carbons (Fsp3) is 0.375. The molecule has 0 spiro atoms. The summed E-state index contributed by atoms with van der Waals surface area (Å²) in [5, 5.41) is 2.67. The third-order valence-corrected chi connectivity index (χ3v) is 4.67. The van der Waals surface area contributed by atoms with E-state index in [1.165, 1.54) is 6.08 Å². The number of para-hydroxylation sites is 1. The van der Waals surface area contributed by atoms with Crippen molar-refractivity contribution in [2.75, 3.05) is 26.0 Å². The number of amides is 2. The summed E-state index contributed by atoms with van der Waals surface area (Å²) in [6, 6.07) is 7.58. The highest BCUT2D eigenvalue weighted by molar-refractivity contribution is 8.00. The van der Waals surface area contributed by atoms with Crippen LogP contribution in [0.4, 0.5) is 0 Å². The molecule has 6 heteroatoms. The van der Waals surface area contributed by atoms with Gasteiger partial charge in [0.15, 0.2) is 0 Å². The van der Waals surface area contributed by atoms with Gasteiger partial charge in [-0.1, -0.05) is 24.8 Å². The molecular weight excluding hydrogens is 300 g/mol. The molecule has 1 aromatic carbocycles. The van der Waals surface area contributed by atoms with Crippen LogP contribution < -0.4 is 10.1 Å². The second-order valence-electron chi connectivity index (χ2n) is 4.88. The molecule has 0 radical (unpaired) electrons. The quantitative estimate of drug-likeness (QED) is 0.834. The van der Waals surface area contributed by atoms with Gasteiger partial charge in [0, 0.05) is 31.0 Å². The van der Waals surface area contributed by atoms with E-state index >= 15 is 0 Å². The van der Waals surface area contributed by atoms with Crippen LogP contribution in [-0.4, -0.2) is 47.9 Å². The van der Waals surface area contributed by atoms with Gasteiger partial charge in [0.1, 0.15) is 11.0 Å². The number of rotatable bonds is 5. The van der Waals surface area contributed by atoms with E-state index in [0.29, 0.717) is 19.6 Å². The van der Waals surface area contributed by atoms with E-state index in [9.17, 15) is 9.59 Å². The Morgan fingerprint density at radius 3 is 3.00 bits per heavy atom. The monoisotopic (exact) mass is 320 g/mol. The molecular formula is C16H20N2O3S. The fourth-order valence-electron chi connectivity index (χ4n) is 2.28. The number of hydrogen-bond donors (Lipinski definition) is 1. The fourth-order valence-corrected chi connectivity index (χ4v) is 3.41. The molecule has 1 unspecified atom stereocenters. The van der Waals surface area contributed by atoms with Crippen molar-refractivity contribution in [1.29, 1.82) is 0 Å². The standard InChI is InChI=1S/C16H20N2O3S/c1-3-15(19)18-8-9-22-14(11-18)16(20)17-10-12-6-4-5-7-13(12)21-2/h3-7,14H,1,8-11H2,2H3,(H,17,20). The number of hydrogen-bond acceptors (Lipinski definition) is 4. The van der Waals surface area contributed by atoms with Crippen LogP contribution in [0.15, 0.2) is 36.9 Å². The summed E-state index contributed by atoms with van der Waals surface area (Å²) in [4.78, 5) is 25.6. The zero-order valence-electron chi connectivity index (χ0n) is 12.6. The molecule has 118 valence electrons. The minimum Gasteiger partial charge on any atom is -0.496 e. The molecule has 5 nitrogen and oxygen atoms in total. The molecule has 1 aliphatic heterocycles. The highest BCUT2D eigenvalue weighted by Gasteiger charge is 2.27. The lowest BCUT2D eigenvalue weighted by Crippen LogP contribution is -2.47. The molecule has 1 heterocycles. The first-order valence-corrected chi connectivity index (χ1v) is 8.13. The number of nitrogens with zero attached hydrogens (tertiary/aromatic N) is 1. The number of thioether (sulfide) groups is 1. The van der Waals surface area contributed by atoms with Crippen LogP contribution in [0.25, 0.3) is 0 Å². The largest absolute Gasteiger partial charge is 0.496 e. The van der Waals surface area contributed by atoms with Gasteiger partial charge in [0.05, 0.1) is 7.11 Å². The normalized spacial score (nSPS) is 17.7. The Bertz CT molecular complexity index is 562. The molecule has 0 bridgehead atoms. The lowest BCUT2D eigenvalue weighted by atomic mass is 10.2. The van der Waals surface area contributed by atoms with Crippen LogP contribution in [0.2, 0.25) is 0 Å².